The summed E-state index contributed by atoms with van der Waals surface area (Å²) in [6, 6.07) is 19.3. The van der Waals surface area contributed by atoms with Crippen molar-refractivity contribution < 1.29 is 0 Å². The number of rotatable bonds is 3. The van der Waals surface area contributed by atoms with E-state index < -0.39 is 0 Å². The molecule has 76 valence electrons. The second-order valence-electron chi connectivity index (χ2n) is 2.91. The molecule has 15 heavy (non-hydrogen) atoms. The van der Waals surface area contributed by atoms with Crippen molar-refractivity contribution in [3.05, 3.63) is 59.1 Å². The molecule has 0 unspecified atom stereocenters. The van der Waals surface area contributed by atoms with Gasteiger partial charge in [-0.15, -0.1) is 0 Å². The SMILES string of the molecule is Brc1ccccc1[Se][Se]c1ccccc1. The minimum absolute atomic E-state index is 0.578. The van der Waals surface area contributed by atoms with Crippen LogP contribution >= 0.6 is 15.9 Å². The zero-order valence-electron chi connectivity index (χ0n) is 7.89. The van der Waals surface area contributed by atoms with E-state index in [0.29, 0.717) is 26.3 Å². The van der Waals surface area contributed by atoms with Crippen LogP contribution in [0.3, 0.4) is 0 Å². The van der Waals surface area contributed by atoms with Crippen LogP contribution in [0, 0.1) is 0 Å². The molecular formula is C12H9BrSe2. The molecule has 0 aliphatic carbocycles. The van der Waals surface area contributed by atoms with Crippen LogP contribution in [0.5, 0.6) is 0 Å². The molecule has 0 aliphatic heterocycles. The quantitative estimate of drug-likeness (QED) is 0.700. The van der Waals surface area contributed by atoms with Gasteiger partial charge >= 0.3 is 110 Å². The zero-order valence-corrected chi connectivity index (χ0v) is 12.9. The number of benzene rings is 2. The van der Waals surface area contributed by atoms with Crippen molar-refractivity contribution in [2.24, 2.45) is 0 Å². The zero-order chi connectivity index (χ0) is 10.5. The molecule has 2 rings (SSSR count). The predicted molar refractivity (Wildman–Crippen MR) is 71.4 cm³/mol. The third-order valence-corrected chi connectivity index (χ3v) is 10.3. The topological polar surface area (TPSA) is 0 Å². The molecule has 0 aliphatic rings. The van der Waals surface area contributed by atoms with Gasteiger partial charge in [0.25, 0.3) is 0 Å². The summed E-state index contributed by atoms with van der Waals surface area (Å²) in [7, 11) is 0. The first kappa shape index (κ1) is 11.4. The van der Waals surface area contributed by atoms with Crippen molar-refractivity contribution in [1.82, 2.24) is 0 Å². The van der Waals surface area contributed by atoms with Gasteiger partial charge in [-0.25, -0.2) is 0 Å². The minimum atomic E-state index is 0.578. The second kappa shape index (κ2) is 5.88. The Morgan fingerprint density at radius 3 is 2.13 bits per heavy atom. The van der Waals surface area contributed by atoms with Crippen molar-refractivity contribution in [2.75, 3.05) is 0 Å². The molecule has 0 heterocycles. The van der Waals surface area contributed by atoms with Crippen LogP contribution in [-0.4, -0.2) is 26.3 Å². The van der Waals surface area contributed by atoms with E-state index in [-0.39, 0.29) is 0 Å². The molecule has 0 nitrogen and oxygen atoms in total. The Bertz CT molecular complexity index is 429. The normalized spacial score (nSPS) is 10.2. The fraction of sp³-hybridized carbons (Fsp3) is 0. The molecule has 0 aromatic heterocycles. The van der Waals surface area contributed by atoms with Crippen LogP contribution < -0.4 is 8.92 Å². The summed E-state index contributed by atoms with van der Waals surface area (Å²) in [5.41, 5.74) is 0. The fourth-order valence-corrected chi connectivity index (χ4v) is 9.41. The van der Waals surface area contributed by atoms with E-state index in [1.807, 2.05) is 0 Å². The summed E-state index contributed by atoms with van der Waals surface area (Å²) in [5.74, 6) is 0. The van der Waals surface area contributed by atoms with Gasteiger partial charge in [0.2, 0.25) is 0 Å². The van der Waals surface area contributed by atoms with Crippen LogP contribution in [0.25, 0.3) is 0 Å². The number of hydrogen-bond acceptors (Lipinski definition) is 0. The van der Waals surface area contributed by atoms with Crippen LogP contribution in [0.1, 0.15) is 0 Å². The van der Waals surface area contributed by atoms with Gasteiger partial charge in [-0.3, -0.25) is 0 Å². The van der Waals surface area contributed by atoms with Crippen molar-refractivity contribution in [2.45, 2.75) is 0 Å². The molecule has 2 aromatic rings. The first-order chi connectivity index (χ1) is 7.36. The Morgan fingerprint density at radius 1 is 0.733 bits per heavy atom. The first-order valence-corrected chi connectivity index (χ1v) is 11.3. The van der Waals surface area contributed by atoms with Crippen molar-refractivity contribution in [3.8, 4) is 0 Å². The number of hydrogen-bond donors (Lipinski definition) is 0. The molecule has 0 saturated carbocycles. The van der Waals surface area contributed by atoms with Crippen LogP contribution in [-0.2, 0) is 0 Å². The summed E-state index contributed by atoms with van der Waals surface area (Å²) in [6.45, 7) is 0. The Hall–Kier alpha value is -0.0410. The summed E-state index contributed by atoms with van der Waals surface area (Å²) in [4.78, 5) is 0. The molecule has 0 spiro atoms. The Morgan fingerprint density at radius 2 is 1.40 bits per heavy atom. The van der Waals surface area contributed by atoms with Gasteiger partial charge in [0.05, 0.1) is 0 Å². The van der Waals surface area contributed by atoms with E-state index in [1.165, 1.54) is 13.4 Å². The van der Waals surface area contributed by atoms with E-state index in [4.69, 9.17) is 0 Å². The molecule has 2 aromatic carbocycles. The molecule has 0 N–H and O–H groups in total. The third kappa shape index (κ3) is 3.48. The van der Waals surface area contributed by atoms with Gasteiger partial charge < -0.3 is 0 Å². The summed E-state index contributed by atoms with van der Waals surface area (Å²) in [5, 5.41) is 0. The molecule has 0 bridgehead atoms. The molecule has 0 radical (unpaired) electrons. The number of halogens is 1. The van der Waals surface area contributed by atoms with Crippen molar-refractivity contribution in [1.29, 1.82) is 0 Å². The average molecular weight is 391 g/mol. The predicted octanol–water partition coefficient (Wildman–Crippen LogP) is 1.72. The molecule has 0 atom stereocenters. The van der Waals surface area contributed by atoms with Crippen molar-refractivity contribution in [3.63, 3.8) is 0 Å². The summed E-state index contributed by atoms with van der Waals surface area (Å²) >= 11 is 4.77. The van der Waals surface area contributed by atoms with Gasteiger partial charge in [0.15, 0.2) is 0 Å². The average Bonchev–Trinajstić information content (AvgIpc) is 2.29. The van der Waals surface area contributed by atoms with E-state index in [2.05, 4.69) is 70.5 Å². The molecule has 3 heteroatoms. The molecule has 0 amide bonds. The Labute approximate surface area is 109 Å². The van der Waals surface area contributed by atoms with Crippen molar-refractivity contribution >= 4 is 51.1 Å². The van der Waals surface area contributed by atoms with E-state index >= 15 is 0 Å². The van der Waals surface area contributed by atoms with Crippen LogP contribution in [0.4, 0.5) is 0 Å². The first-order valence-electron chi connectivity index (χ1n) is 4.50. The van der Waals surface area contributed by atoms with Gasteiger partial charge in [-0.05, 0) is 0 Å². The molecule has 0 fully saturated rings. The Balaban J connectivity index is 2.03. The van der Waals surface area contributed by atoms with E-state index in [0.717, 1.165) is 0 Å². The standard InChI is InChI=1S/C12H9BrSe2/c13-11-8-4-5-9-12(11)15-14-10-6-2-1-3-7-10/h1-9H. The van der Waals surface area contributed by atoms with E-state index in [9.17, 15) is 0 Å². The molecule has 0 saturated heterocycles. The van der Waals surface area contributed by atoms with Gasteiger partial charge in [0, 0.05) is 0 Å². The van der Waals surface area contributed by atoms with Crippen LogP contribution in [0.2, 0.25) is 0 Å². The van der Waals surface area contributed by atoms with Gasteiger partial charge in [0.1, 0.15) is 0 Å². The van der Waals surface area contributed by atoms with Gasteiger partial charge in [-0.2, -0.15) is 0 Å². The Kier molecular flexibility index (Phi) is 4.49. The maximum absolute atomic E-state index is 3.60. The van der Waals surface area contributed by atoms with Gasteiger partial charge in [-0.1, -0.05) is 0 Å². The fourth-order valence-electron chi connectivity index (χ4n) is 1.08. The molecular weight excluding hydrogens is 382 g/mol. The maximum atomic E-state index is 3.60. The summed E-state index contributed by atoms with van der Waals surface area (Å²) < 4.78 is 4.21. The monoisotopic (exact) mass is 392 g/mol. The van der Waals surface area contributed by atoms with Crippen LogP contribution in [0.15, 0.2) is 59.1 Å². The third-order valence-electron chi connectivity index (χ3n) is 1.81. The van der Waals surface area contributed by atoms with E-state index in [1.54, 1.807) is 0 Å². The second-order valence-corrected chi connectivity index (χ2v) is 10.0. The summed E-state index contributed by atoms with van der Waals surface area (Å²) in [6.07, 6.45) is 0.